The van der Waals surface area contributed by atoms with Crippen molar-refractivity contribution in [1.82, 2.24) is 5.32 Å². The third-order valence-corrected chi connectivity index (χ3v) is 14.7. The molecule has 0 aromatic heterocycles. The zero-order chi connectivity index (χ0) is 50.1. The number of unbranched alkanes of at least 4 members (excludes halogenated alkanes) is 2. The summed E-state index contributed by atoms with van der Waals surface area (Å²) in [5, 5.41) is 29.0. The number of aliphatic hydroxyl groups is 2. The number of esters is 5. The van der Waals surface area contributed by atoms with Crippen LogP contribution in [0.2, 0.25) is 0 Å². The zero-order valence-electron chi connectivity index (χ0n) is 39.9. The monoisotopic (exact) mass is 951 g/mol. The van der Waals surface area contributed by atoms with Crippen LogP contribution in [0, 0.1) is 16.7 Å². The third-order valence-electron chi connectivity index (χ3n) is 14.7. The number of carbonyl (C=O) groups is 7. The van der Waals surface area contributed by atoms with Crippen LogP contribution in [0.15, 0.2) is 102 Å². The van der Waals surface area contributed by atoms with Crippen molar-refractivity contribution in [3.8, 4) is 0 Å². The maximum absolute atomic E-state index is 15.7. The molecule has 2 bridgehead atoms. The average molecular weight is 952 g/mol. The largest absolute Gasteiger partial charge is 0.455 e. The number of benzene rings is 3. The lowest BCUT2D eigenvalue weighted by atomic mass is 9.44. The molecule has 1 aliphatic heterocycles. The standard InChI is InChI=1S/C53H61NO15/c1-8-9-13-26-39(58)67-43(41(33-20-14-10-15-21-33)54-47(60)34-22-16-11-17-23-34)49(62)66-36-28-53(63)46(68-48(61)35-24-18-12-19-25-35)44-51(7,37(57)27-38-52(44,29-64-38)69-32(4)56)45(59)42(65-31(3)55)40(30(36)2)50(53,5)6/h10-12,14-25,36-38,41-44,46,57,63H,8-9,13,26-29H2,1-7H3,(H,54,60). The van der Waals surface area contributed by atoms with Gasteiger partial charge in [0.05, 0.1) is 29.6 Å². The lowest BCUT2D eigenvalue weighted by Crippen LogP contribution is -2.82. The first-order chi connectivity index (χ1) is 32.7. The van der Waals surface area contributed by atoms with Crippen LogP contribution in [-0.4, -0.2) is 106 Å². The number of hydrogen-bond acceptors (Lipinski definition) is 15. The van der Waals surface area contributed by atoms with Gasteiger partial charge in [0.15, 0.2) is 17.5 Å². The van der Waals surface area contributed by atoms with Crippen LogP contribution in [-0.2, 0) is 52.4 Å². The van der Waals surface area contributed by atoms with Gasteiger partial charge in [-0.15, -0.1) is 0 Å². The highest BCUT2D eigenvalue weighted by Crippen LogP contribution is 2.64. The fourth-order valence-electron chi connectivity index (χ4n) is 11.0. The molecule has 3 aliphatic carbocycles. The summed E-state index contributed by atoms with van der Waals surface area (Å²) >= 11 is 0. The molecule has 3 N–H and O–H groups in total. The summed E-state index contributed by atoms with van der Waals surface area (Å²) in [7, 11) is 0. The van der Waals surface area contributed by atoms with Crippen molar-refractivity contribution in [3.05, 3.63) is 119 Å². The Balaban J connectivity index is 1.42. The van der Waals surface area contributed by atoms with E-state index in [1.165, 1.54) is 26.0 Å². The van der Waals surface area contributed by atoms with Crippen molar-refractivity contribution < 1.29 is 72.2 Å². The Labute approximate surface area is 401 Å². The molecule has 4 aliphatic rings. The first kappa shape index (κ1) is 50.6. The molecule has 7 rings (SSSR count). The second-order valence-electron chi connectivity index (χ2n) is 19.3. The maximum atomic E-state index is 15.7. The fourth-order valence-corrected chi connectivity index (χ4v) is 11.0. The van der Waals surface area contributed by atoms with Gasteiger partial charge in [-0.05, 0) is 61.2 Å². The van der Waals surface area contributed by atoms with Gasteiger partial charge < -0.3 is 44.0 Å². The molecule has 16 nitrogen and oxygen atoms in total. The smallest absolute Gasteiger partial charge is 0.350 e. The lowest BCUT2D eigenvalue weighted by Gasteiger charge is -2.67. The molecule has 3 aromatic rings. The molecule has 16 heteroatoms. The number of fused-ring (bicyclic) bond motifs is 5. The quantitative estimate of drug-likeness (QED) is 0.0701. The van der Waals surface area contributed by atoms with E-state index in [4.69, 9.17) is 28.4 Å². The highest BCUT2D eigenvalue weighted by atomic mass is 16.6. The summed E-state index contributed by atoms with van der Waals surface area (Å²) in [6.07, 6.45) is -8.62. The second kappa shape index (κ2) is 20.0. The van der Waals surface area contributed by atoms with Gasteiger partial charge in [-0.2, -0.15) is 0 Å². The van der Waals surface area contributed by atoms with E-state index in [1.54, 1.807) is 92.7 Å². The number of aliphatic hydroxyl groups excluding tert-OH is 1. The summed E-state index contributed by atoms with van der Waals surface area (Å²) in [4.78, 5) is 99.1. The summed E-state index contributed by atoms with van der Waals surface area (Å²) in [5.41, 5.74) is -7.17. The summed E-state index contributed by atoms with van der Waals surface area (Å²) in [5.74, 6) is -7.58. The van der Waals surface area contributed by atoms with E-state index in [9.17, 15) is 34.2 Å². The summed E-state index contributed by atoms with van der Waals surface area (Å²) in [6.45, 7) is 9.96. The number of carbonyl (C=O) groups excluding carboxylic acids is 7. The Morgan fingerprint density at radius 1 is 0.826 bits per heavy atom. The minimum absolute atomic E-state index is 0.0134. The van der Waals surface area contributed by atoms with Crippen LogP contribution < -0.4 is 5.32 Å². The molecule has 368 valence electrons. The molecule has 11 atom stereocenters. The van der Waals surface area contributed by atoms with Gasteiger partial charge in [0.2, 0.25) is 6.10 Å². The second-order valence-corrected chi connectivity index (χ2v) is 19.3. The molecular weight excluding hydrogens is 891 g/mol. The predicted octanol–water partition coefficient (Wildman–Crippen LogP) is 5.87. The van der Waals surface area contributed by atoms with E-state index in [-0.39, 0.29) is 41.7 Å². The normalized spacial score (nSPS) is 29.7. The third kappa shape index (κ3) is 9.33. The Morgan fingerprint density at radius 2 is 1.43 bits per heavy atom. The van der Waals surface area contributed by atoms with E-state index in [2.05, 4.69) is 5.32 Å². The van der Waals surface area contributed by atoms with Crippen molar-refractivity contribution in [2.45, 2.75) is 141 Å². The predicted molar refractivity (Wildman–Crippen MR) is 246 cm³/mol. The number of rotatable bonds is 15. The highest BCUT2D eigenvalue weighted by molar-refractivity contribution is 5.96. The Hall–Kier alpha value is -6.23. The van der Waals surface area contributed by atoms with Gasteiger partial charge in [0, 0.05) is 44.1 Å². The van der Waals surface area contributed by atoms with E-state index in [1.807, 2.05) is 6.92 Å². The van der Waals surface area contributed by atoms with E-state index in [0.717, 1.165) is 20.3 Å². The van der Waals surface area contributed by atoms with Crippen LogP contribution in [0.25, 0.3) is 0 Å². The van der Waals surface area contributed by atoms with Crippen molar-refractivity contribution in [1.29, 1.82) is 0 Å². The highest BCUT2D eigenvalue weighted by Gasteiger charge is 2.78. The molecule has 3 fully saturated rings. The number of Topliss-reactive ketones (excluding diaryl/α,β-unsaturated/α-hetero) is 1. The van der Waals surface area contributed by atoms with Crippen LogP contribution in [0.5, 0.6) is 0 Å². The molecular formula is C53H61NO15. The number of ether oxygens (including phenoxy) is 6. The van der Waals surface area contributed by atoms with Crippen molar-refractivity contribution >= 4 is 41.5 Å². The molecule has 2 saturated carbocycles. The van der Waals surface area contributed by atoms with Gasteiger partial charge in [-0.3, -0.25) is 24.0 Å². The van der Waals surface area contributed by atoms with Crippen molar-refractivity contribution in [2.24, 2.45) is 16.7 Å². The maximum Gasteiger partial charge on any atom is 0.350 e. The Bertz CT molecular complexity index is 2470. The fraction of sp³-hybridized carbons (Fsp3) is 0.491. The number of amides is 1. The van der Waals surface area contributed by atoms with Gasteiger partial charge in [-0.1, -0.05) is 100 Å². The van der Waals surface area contributed by atoms with Crippen LogP contribution in [0.4, 0.5) is 0 Å². The summed E-state index contributed by atoms with van der Waals surface area (Å²) < 4.78 is 36.8. The lowest BCUT2D eigenvalue weighted by molar-refractivity contribution is -0.346. The first-order valence-electron chi connectivity index (χ1n) is 23.4. The zero-order valence-corrected chi connectivity index (χ0v) is 39.9. The Morgan fingerprint density at radius 3 is 2.00 bits per heavy atom. The SMILES string of the molecule is CCCCCC(=O)OC(C(=O)OC1CC2(O)C(OC(=O)c3ccccc3)C3C4(OC(C)=O)COC4CC(O)C3(C)C(=O)C(OC(C)=O)C(=C1C)C2(C)C)C(NC(=O)c1ccccc1)c1ccccc1. The summed E-state index contributed by atoms with van der Waals surface area (Å²) in [6, 6.07) is 23.1. The molecule has 0 spiro atoms. The molecule has 1 heterocycles. The van der Waals surface area contributed by atoms with Crippen molar-refractivity contribution in [3.63, 3.8) is 0 Å². The molecule has 1 saturated heterocycles. The minimum Gasteiger partial charge on any atom is -0.455 e. The molecule has 1 amide bonds. The van der Waals surface area contributed by atoms with Crippen LogP contribution >= 0.6 is 0 Å². The first-order valence-corrected chi connectivity index (χ1v) is 23.4. The molecule has 3 aromatic carbocycles. The van der Waals surface area contributed by atoms with Crippen molar-refractivity contribution in [2.75, 3.05) is 6.61 Å². The van der Waals surface area contributed by atoms with Gasteiger partial charge >= 0.3 is 29.8 Å². The van der Waals surface area contributed by atoms with Gasteiger partial charge in [0.1, 0.15) is 30.0 Å². The number of nitrogens with one attached hydrogen (secondary N) is 1. The Kier molecular flexibility index (Phi) is 14.7. The number of hydrogen-bond donors (Lipinski definition) is 3. The van der Waals surface area contributed by atoms with E-state index < -0.39 is 119 Å². The van der Waals surface area contributed by atoms with Gasteiger partial charge in [-0.25, -0.2) is 9.59 Å². The van der Waals surface area contributed by atoms with E-state index >= 15 is 9.59 Å². The average Bonchev–Trinajstić information content (AvgIpc) is 3.31. The molecule has 11 unspecified atom stereocenters. The van der Waals surface area contributed by atoms with Crippen LogP contribution in [0.1, 0.15) is 119 Å². The number of ketones is 1. The molecule has 0 radical (unpaired) electrons. The molecule has 69 heavy (non-hydrogen) atoms. The van der Waals surface area contributed by atoms with Crippen LogP contribution in [0.3, 0.4) is 0 Å². The van der Waals surface area contributed by atoms with E-state index in [0.29, 0.717) is 18.4 Å². The topological polar surface area (TPSA) is 227 Å². The minimum atomic E-state index is -2.43. The van der Waals surface area contributed by atoms with Gasteiger partial charge in [0.25, 0.3) is 5.91 Å².